The van der Waals surface area contributed by atoms with Crippen molar-refractivity contribution in [2.24, 2.45) is 23.2 Å². The highest BCUT2D eigenvalue weighted by atomic mass is 35.5. The van der Waals surface area contributed by atoms with Crippen molar-refractivity contribution in [2.45, 2.75) is 45.4 Å². The molecule has 4 aliphatic carbocycles. The quantitative estimate of drug-likeness (QED) is 0.603. The van der Waals surface area contributed by atoms with E-state index in [0.29, 0.717) is 12.5 Å². The maximum absolute atomic E-state index is 14.3. The van der Waals surface area contributed by atoms with Crippen molar-refractivity contribution >= 4 is 44.2 Å². The minimum atomic E-state index is -0.170. The van der Waals surface area contributed by atoms with Crippen LogP contribution in [-0.4, -0.2) is 55.2 Å². The summed E-state index contributed by atoms with van der Waals surface area (Å²) in [6, 6.07) is 3.97. The van der Waals surface area contributed by atoms with Crippen molar-refractivity contribution in [3.63, 3.8) is 0 Å². The van der Waals surface area contributed by atoms with Gasteiger partial charge in [-0.1, -0.05) is 29.0 Å². The molecule has 0 radical (unpaired) electrons. The number of hydrogen-bond acceptors (Lipinski definition) is 5. The van der Waals surface area contributed by atoms with Gasteiger partial charge < -0.3 is 4.74 Å². The van der Waals surface area contributed by atoms with E-state index in [1.54, 1.807) is 11.3 Å². The Labute approximate surface area is 199 Å². The van der Waals surface area contributed by atoms with Gasteiger partial charge in [-0.15, -0.1) is 0 Å². The van der Waals surface area contributed by atoms with Crippen molar-refractivity contribution in [3.05, 3.63) is 22.7 Å². The normalized spacial score (nSPS) is 32.0. The molecule has 2 aromatic rings. The van der Waals surface area contributed by atoms with Gasteiger partial charge in [0.25, 0.3) is 0 Å². The molecule has 172 valence electrons. The van der Waals surface area contributed by atoms with E-state index in [4.69, 9.17) is 21.3 Å². The molecule has 0 N–H and O–H groups in total. The van der Waals surface area contributed by atoms with Gasteiger partial charge in [-0.25, -0.2) is 4.98 Å². The molecular formula is C25H32ClN3O2S. The molecule has 1 aromatic heterocycles. The first-order valence-electron chi connectivity index (χ1n) is 12.2. The number of ether oxygens (including phenoxy) is 1. The predicted molar refractivity (Wildman–Crippen MR) is 130 cm³/mol. The topological polar surface area (TPSA) is 45.7 Å². The Morgan fingerprint density at radius 1 is 1.19 bits per heavy atom. The Hall–Kier alpha value is -1.21. The number of thiazole rings is 1. The lowest BCUT2D eigenvalue weighted by molar-refractivity contribution is -0.143. The van der Waals surface area contributed by atoms with Crippen LogP contribution in [0.1, 0.15) is 44.1 Å². The maximum atomic E-state index is 14.3. The summed E-state index contributed by atoms with van der Waals surface area (Å²) in [4.78, 5) is 23.8. The van der Waals surface area contributed by atoms with Crippen LogP contribution >= 0.6 is 22.9 Å². The Balaban J connectivity index is 1.34. The minimum absolute atomic E-state index is 0.170. The van der Waals surface area contributed by atoms with Crippen LogP contribution < -0.4 is 4.90 Å². The average molecular weight is 474 g/mol. The van der Waals surface area contributed by atoms with Gasteiger partial charge in [0.15, 0.2) is 5.13 Å². The molecule has 5 aliphatic rings. The number of nitrogens with zero attached hydrogens (tertiary/aromatic N) is 3. The standard InChI is InChI=1S/C25H32ClN3O2S/c1-16-2-3-20(26)22-21(16)27-24(32-22)29(5-4-28-6-8-31-9-7-28)23(30)25-13-17-10-18(14-25)12-19(11-17)15-25/h2-3,17-19H,4-15H2,1H3. The van der Waals surface area contributed by atoms with E-state index in [0.717, 1.165) is 95.8 Å². The van der Waals surface area contributed by atoms with Crippen molar-refractivity contribution < 1.29 is 9.53 Å². The van der Waals surface area contributed by atoms with Gasteiger partial charge in [0.1, 0.15) is 0 Å². The Morgan fingerprint density at radius 3 is 2.47 bits per heavy atom. The molecule has 7 rings (SSSR count). The number of rotatable bonds is 5. The first-order chi connectivity index (χ1) is 15.5. The second kappa shape index (κ2) is 8.23. The Morgan fingerprint density at radius 2 is 1.84 bits per heavy atom. The number of morpholine rings is 1. The number of aromatic nitrogens is 1. The summed E-state index contributed by atoms with van der Waals surface area (Å²) in [6.45, 7) is 7.05. The number of carbonyl (C=O) groups excluding carboxylic acids is 1. The number of carbonyl (C=O) groups is 1. The molecule has 4 saturated carbocycles. The van der Waals surface area contributed by atoms with Gasteiger partial charge in [-0.3, -0.25) is 14.6 Å². The second-order valence-corrected chi connectivity index (χ2v) is 12.0. The number of halogens is 1. The zero-order valence-electron chi connectivity index (χ0n) is 18.8. The second-order valence-electron chi connectivity index (χ2n) is 10.6. The summed E-state index contributed by atoms with van der Waals surface area (Å²) in [5.74, 6) is 2.58. The molecule has 0 atom stereocenters. The highest BCUT2D eigenvalue weighted by Crippen LogP contribution is 2.60. The third-order valence-corrected chi connectivity index (χ3v) is 9.94. The van der Waals surface area contributed by atoms with E-state index in [9.17, 15) is 4.79 Å². The largest absolute Gasteiger partial charge is 0.379 e. The predicted octanol–water partition coefficient (Wildman–Crippen LogP) is 5.14. The molecule has 4 bridgehead atoms. The third kappa shape index (κ3) is 3.67. The van der Waals surface area contributed by atoms with E-state index in [-0.39, 0.29) is 5.41 Å². The molecule has 1 aliphatic heterocycles. The SMILES string of the molecule is Cc1ccc(Cl)c2sc(N(CCN3CCOCC3)C(=O)C34CC5CC(CC(C5)C3)C4)nc12. The van der Waals surface area contributed by atoms with Crippen LogP contribution in [-0.2, 0) is 9.53 Å². The first kappa shape index (κ1) is 21.3. The van der Waals surface area contributed by atoms with E-state index < -0.39 is 0 Å². The molecule has 0 spiro atoms. The Kier molecular flexibility index (Phi) is 5.48. The van der Waals surface area contributed by atoms with Gasteiger partial charge in [0, 0.05) is 26.2 Å². The van der Waals surface area contributed by atoms with E-state index in [1.807, 2.05) is 17.0 Å². The zero-order chi connectivity index (χ0) is 21.9. The van der Waals surface area contributed by atoms with Crippen molar-refractivity contribution in [1.29, 1.82) is 0 Å². The molecular weight excluding hydrogens is 442 g/mol. The number of amides is 1. The Bertz CT molecular complexity index is 957. The molecule has 32 heavy (non-hydrogen) atoms. The summed E-state index contributed by atoms with van der Waals surface area (Å²) in [7, 11) is 0. The lowest BCUT2D eigenvalue weighted by Gasteiger charge is -2.56. The molecule has 1 amide bonds. The lowest BCUT2D eigenvalue weighted by atomic mass is 9.49. The summed E-state index contributed by atoms with van der Waals surface area (Å²) in [5.41, 5.74) is 1.88. The highest BCUT2D eigenvalue weighted by molar-refractivity contribution is 7.23. The van der Waals surface area contributed by atoms with Crippen LogP contribution in [0.25, 0.3) is 10.2 Å². The van der Waals surface area contributed by atoms with Crippen LogP contribution in [0, 0.1) is 30.1 Å². The van der Waals surface area contributed by atoms with Crippen molar-refractivity contribution in [2.75, 3.05) is 44.3 Å². The van der Waals surface area contributed by atoms with Crippen LogP contribution in [0.2, 0.25) is 5.02 Å². The van der Waals surface area contributed by atoms with E-state index >= 15 is 0 Å². The van der Waals surface area contributed by atoms with Crippen LogP contribution in [0.15, 0.2) is 12.1 Å². The van der Waals surface area contributed by atoms with Gasteiger partial charge in [0.2, 0.25) is 5.91 Å². The maximum Gasteiger partial charge on any atom is 0.235 e. The van der Waals surface area contributed by atoms with Crippen molar-refractivity contribution in [1.82, 2.24) is 9.88 Å². The molecule has 5 nitrogen and oxygen atoms in total. The van der Waals surface area contributed by atoms with E-state index in [2.05, 4.69) is 11.8 Å². The first-order valence-corrected chi connectivity index (χ1v) is 13.4. The van der Waals surface area contributed by atoms with Gasteiger partial charge in [0.05, 0.1) is 33.9 Å². The van der Waals surface area contributed by atoms with Crippen LogP contribution in [0.5, 0.6) is 0 Å². The molecule has 1 aromatic carbocycles. The smallest absolute Gasteiger partial charge is 0.235 e. The minimum Gasteiger partial charge on any atom is -0.379 e. The average Bonchev–Trinajstić information content (AvgIpc) is 3.23. The van der Waals surface area contributed by atoms with Gasteiger partial charge in [-0.2, -0.15) is 0 Å². The van der Waals surface area contributed by atoms with Crippen molar-refractivity contribution in [3.8, 4) is 0 Å². The molecule has 7 heteroatoms. The van der Waals surface area contributed by atoms with Crippen LogP contribution in [0.4, 0.5) is 5.13 Å². The fourth-order valence-electron chi connectivity index (χ4n) is 7.22. The van der Waals surface area contributed by atoms with Gasteiger partial charge in [-0.05, 0) is 74.8 Å². The fourth-order valence-corrected chi connectivity index (χ4v) is 8.56. The molecule has 0 unspecified atom stereocenters. The third-order valence-electron chi connectivity index (χ3n) is 8.40. The van der Waals surface area contributed by atoms with Crippen LogP contribution in [0.3, 0.4) is 0 Å². The molecule has 2 heterocycles. The number of fused-ring (bicyclic) bond motifs is 1. The number of benzene rings is 1. The summed E-state index contributed by atoms with van der Waals surface area (Å²) in [6.07, 6.45) is 7.27. The summed E-state index contributed by atoms with van der Waals surface area (Å²) >= 11 is 8.11. The number of aryl methyl sites for hydroxylation is 1. The van der Waals surface area contributed by atoms with E-state index in [1.165, 1.54) is 19.3 Å². The lowest BCUT2D eigenvalue weighted by Crippen LogP contribution is -2.56. The molecule has 5 fully saturated rings. The fraction of sp³-hybridized carbons (Fsp3) is 0.680. The summed E-state index contributed by atoms with van der Waals surface area (Å²) in [5, 5.41) is 1.55. The van der Waals surface area contributed by atoms with Gasteiger partial charge >= 0.3 is 0 Å². The number of anilines is 1. The number of hydrogen-bond donors (Lipinski definition) is 0. The molecule has 1 saturated heterocycles. The summed E-state index contributed by atoms with van der Waals surface area (Å²) < 4.78 is 6.52. The monoisotopic (exact) mass is 473 g/mol. The highest BCUT2D eigenvalue weighted by Gasteiger charge is 2.56. The zero-order valence-corrected chi connectivity index (χ0v) is 20.4.